The van der Waals surface area contributed by atoms with Crippen molar-refractivity contribution in [3.05, 3.63) is 88.2 Å². The molecular formula is C22H18Cl2FN3O2S. The van der Waals surface area contributed by atoms with Gasteiger partial charge in [-0.25, -0.2) is 4.39 Å². The fourth-order valence-corrected chi connectivity index (χ4v) is 3.33. The van der Waals surface area contributed by atoms with Crippen LogP contribution in [0.15, 0.2) is 66.7 Å². The van der Waals surface area contributed by atoms with Crippen molar-refractivity contribution in [3.63, 3.8) is 0 Å². The molecule has 0 atom stereocenters. The van der Waals surface area contributed by atoms with Gasteiger partial charge in [-0.3, -0.25) is 4.79 Å². The number of amides is 1. The summed E-state index contributed by atoms with van der Waals surface area (Å²) in [7, 11) is 0. The molecule has 160 valence electrons. The van der Waals surface area contributed by atoms with Gasteiger partial charge in [-0.2, -0.15) is 0 Å². The van der Waals surface area contributed by atoms with Gasteiger partial charge in [0.15, 0.2) is 5.11 Å². The van der Waals surface area contributed by atoms with E-state index in [2.05, 4.69) is 16.0 Å². The van der Waals surface area contributed by atoms with Crippen molar-refractivity contribution in [1.29, 1.82) is 0 Å². The summed E-state index contributed by atoms with van der Waals surface area (Å²) >= 11 is 17.1. The number of rotatable bonds is 7. The van der Waals surface area contributed by atoms with Crippen LogP contribution in [0.2, 0.25) is 10.0 Å². The fourth-order valence-electron chi connectivity index (χ4n) is 2.60. The van der Waals surface area contributed by atoms with Gasteiger partial charge in [0.2, 0.25) is 0 Å². The summed E-state index contributed by atoms with van der Waals surface area (Å²) in [5, 5.41) is 10.1. The van der Waals surface area contributed by atoms with Crippen LogP contribution in [0.1, 0.15) is 10.4 Å². The lowest BCUT2D eigenvalue weighted by Gasteiger charge is -2.12. The molecule has 0 unspecified atom stereocenters. The summed E-state index contributed by atoms with van der Waals surface area (Å²) in [5.41, 5.74) is 1.24. The third kappa shape index (κ3) is 7.10. The zero-order chi connectivity index (χ0) is 22.2. The van der Waals surface area contributed by atoms with E-state index >= 15 is 0 Å². The van der Waals surface area contributed by atoms with Gasteiger partial charge >= 0.3 is 0 Å². The van der Waals surface area contributed by atoms with Crippen molar-refractivity contribution < 1.29 is 13.9 Å². The van der Waals surface area contributed by atoms with E-state index in [4.69, 9.17) is 40.2 Å². The first-order chi connectivity index (χ1) is 14.9. The van der Waals surface area contributed by atoms with Gasteiger partial charge in [0.25, 0.3) is 5.91 Å². The van der Waals surface area contributed by atoms with Crippen LogP contribution in [-0.4, -0.2) is 24.2 Å². The molecule has 3 rings (SSSR count). The van der Waals surface area contributed by atoms with E-state index in [9.17, 15) is 9.18 Å². The predicted molar refractivity (Wildman–Crippen MR) is 127 cm³/mol. The quantitative estimate of drug-likeness (QED) is 0.298. The second kappa shape index (κ2) is 10.9. The van der Waals surface area contributed by atoms with Crippen LogP contribution in [0.25, 0.3) is 0 Å². The van der Waals surface area contributed by atoms with Gasteiger partial charge < -0.3 is 20.7 Å². The highest BCUT2D eigenvalue weighted by molar-refractivity contribution is 7.80. The van der Waals surface area contributed by atoms with E-state index in [0.29, 0.717) is 39.7 Å². The first-order valence-corrected chi connectivity index (χ1v) is 10.4. The first-order valence-electron chi connectivity index (χ1n) is 9.20. The number of ether oxygens (including phenoxy) is 1. The highest BCUT2D eigenvalue weighted by Crippen LogP contribution is 2.24. The van der Waals surface area contributed by atoms with Crippen LogP contribution >= 0.6 is 35.4 Å². The van der Waals surface area contributed by atoms with Gasteiger partial charge in [-0.05, 0) is 66.8 Å². The molecule has 0 aliphatic heterocycles. The van der Waals surface area contributed by atoms with Gasteiger partial charge in [0.1, 0.15) is 18.2 Å². The first kappa shape index (κ1) is 22.8. The molecule has 0 heterocycles. The highest BCUT2D eigenvalue weighted by Gasteiger charge is 2.10. The minimum absolute atomic E-state index is 0.0163. The maximum Gasteiger partial charge on any atom is 0.258 e. The molecule has 0 aliphatic rings. The molecule has 0 saturated carbocycles. The summed E-state index contributed by atoms with van der Waals surface area (Å²) < 4.78 is 19.3. The number of nitrogens with one attached hydrogen (secondary N) is 3. The molecule has 0 fully saturated rings. The number of carbonyl (C=O) groups is 1. The van der Waals surface area contributed by atoms with Crippen molar-refractivity contribution in [2.75, 3.05) is 23.8 Å². The average Bonchev–Trinajstić information content (AvgIpc) is 2.72. The minimum Gasteiger partial charge on any atom is -0.492 e. The SMILES string of the molecule is O=C(Nc1ccc(NC(=S)NCCOc2cc(Cl)cc(Cl)c2)cc1)c1ccccc1F. The van der Waals surface area contributed by atoms with Crippen molar-refractivity contribution in [1.82, 2.24) is 5.32 Å². The minimum atomic E-state index is -0.572. The summed E-state index contributed by atoms with van der Waals surface area (Å²) in [4.78, 5) is 12.2. The number of halogens is 3. The molecule has 0 bridgehead atoms. The third-order valence-corrected chi connectivity index (χ3v) is 4.69. The average molecular weight is 478 g/mol. The molecule has 5 nitrogen and oxygen atoms in total. The van der Waals surface area contributed by atoms with E-state index in [0.717, 1.165) is 5.69 Å². The van der Waals surface area contributed by atoms with E-state index in [-0.39, 0.29) is 5.56 Å². The van der Waals surface area contributed by atoms with Crippen LogP contribution in [0.3, 0.4) is 0 Å². The second-order valence-electron chi connectivity index (χ2n) is 6.35. The molecule has 0 saturated heterocycles. The lowest BCUT2D eigenvalue weighted by atomic mass is 10.2. The van der Waals surface area contributed by atoms with Gasteiger partial charge in [-0.1, -0.05) is 35.3 Å². The summed E-state index contributed by atoms with van der Waals surface area (Å²) in [6, 6.07) is 17.7. The lowest BCUT2D eigenvalue weighted by molar-refractivity contribution is 0.102. The van der Waals surface area contributed by atoms with Crippen molar-refractivity contribution in [2.45, 2.75) is 0 Å². The van der Waals surface area contributed by atoms with Crippen molar-refractivity contribution >= 4 is 57.8 Å². The topological polar surface area (TPSA) is 62.4 Å². The van der Waals surface area contributed by atoms with Crippen molar-refractivity contribution in [3.8, 4) is 5.75 Å². The number of carbonyl (C=O) groups excluding carboxylic acids is 1. The molecule has 3 N–H and O–H groups in total. The largest absolute Gasteiger partial charge is 0.492 e. The normalized spacial score (nSPS) is 10.3. The Morgan fingerprint density at radius 2 is 1.55 bits per heavy atom. The Kier molecular flexibility index (Phi) is 8.06. The molecule has 0 spiro atoms. The van der Waals surface area contributed by atoms with E-state index in [1.807, 2.05) is 0 Å². The van der Waals surface area contributed by atoms with Crippen LogP contribution in [0.5, 0.6) is 5.75 Å². The third-order valence-electron chi connectivity index (χ3n) is 4.01. The Bertz CT molecular complexity index is 1060. The van der Waals surface area contributed by atoms with Gasteiger partial charge in [0.05, 0.1) is 12.1 Å². The zero-order valence-corrected chi connectivity index (χ0v) is 18.5. The fraction of sp³-hybridized carbons (Fsp3) is 0.0909. The summed E-state index contributed by atoms with van der Waals surface area (Å²) in [6.07, 6.45) is 0. The lowest BCUT2D eigenvalue weighted by Crippen LogP contribution is -2.31. The van der Waals surface area contributed by atoms with E-state index in [1.165, 1.54) is 18.2 Å². The van der Waals surface area contributed by atoms with Crippen molar-refractivity contribution in [2.24, 2.45) is 0 Å². The summed E-state index contributed by atoms with van der Waals surface area (Å²) in [6.45, 7) is 0.826. The molecule has 0 aromatic heterocycles. The Labute approximate surface area is 194 Å². The molecule has 3 aromatic carbocycles. The molecule has 0 aliphatic carbocycles. The molecular weight excluding hydrogens is 460 g/mol. The second-order valence-corrected chi connectivity index (χ2v) is 7.63. The van der Waals surface area contributed by atoms with Gasteiger partial charge in [0, 0.05) is 21.4 Å². The highest BCUT2D eigenvalue weighted by atomic mass is 35.5. The Hall–Kier alpha value is -2.87. The zero-order valence-electron chi connectivity index (χ0n) is 16.1. The number of benzene rings is 3. The summed E-state index contributed by atoms with van der Waals surface area (Å²) in [5.74, 6) is -0.514. The number of hydrogen-bond acceptors (Lipinski definition) is 3. The smallest absolute Gasteiger partial charge is 0.258 e. The maximum absolute atomic E-state index is 13.7. The number of anilines is 2. The van der Waals surface area contributed by atoms with E-state index in [1.54, 1.807) is 48.5 Å². The maximum atomic E-state index is 13.7. The molecule has 1 amide bonds. The Morgan fingerprint density at radius 1 is 0.935 bits per heavy atom. The van der Waals surface area contributed by atoms with Crippen LogP contribution in [0, 0.1) is 5.82 Å². The van der Waals surface area contributed by atoms with Gasteiger partial charge in [-0.15, -0.1) is 0 Å². The van der Waals surface area contributed by atoms with E-state index < -0.39 is 11.7 Å². The monoisotopic (exact) mass is 477 g/mol. The molecule has 31 heavy (non-hydrogen) atoms. The Balaban J connectivity index is 1.43. The standard InChI is InChI=1S/C22H18Cl2FN3O2S/c23-14-11-15(24)13-18(12-14)30-10-9-26-22(31)28-17-7-5-16(6-8-17)27-21(29)19-3-1-2-4-20(19)25/h1-8,11-13H,9-10H2,(H,27,29)(H2,26,28,31). The molecule has 3 aromatic rings. The molecule has 0 radical (unpaired) electrons. The van der Waals surface area contributed by atoms with Crippen LogP contribution in [0.4, 0.5) is 15.8 Å². The van der Waals surface area contributed by atoms with Crippen LogP contribution < -0.4 is 20.7 Å². The number of hydrogen-bond donors (Lipinski definition) is 3. The Morgan fingerprint density at radius 3 is 2.19 bits per heavy atom. The van der Waals surface area contributed by atoms with Crippen LogP contribution in [-0.2, 0) is 0 Å². The molecule has 9 heteroatoms. The predicted octanol–water partition coefficient (Wildman–Crippen LogP) is 5.75. The number of thiocarbonyl (C=S) groups is 1.